The van der Waals surface area contributed by atoms with Crippen LogP contribution in [0.2, 0.25) is 0 Å². The van der Waals surface area contributed by atoms with E-state index in [2.05, 4.69) is 41.4 Å². The average Bonchev–Trinajstić information content (AvgIpc) is 3.30. The van der Waals surface area contributed by atoms with E-state index in [4.69, 9.17) is 14.6 Å². The van der Waals surface area contributed by atoms with Crippen molar-refractivity contribution < 1.29 is 9.47 Å². The van der Waals surface area contributed by atoms with Gasteiger partial charge < -0.3 is 9.47 Å². The Hall–Kier alpha value is -2.49. The van der Waals surface area contributed by atoms with Crippen molar-refractivity contribution in [2.24, 2.45) is 5.10 Å². The van der Waals surface area contributed by atoms with Gasteiger partial charge in [0.1, 0.15) is 11.5 Å². The Morgan fingerprint density at radius 3 is 2.60 bits per heavy atom. The van der Waals surface area contributed by atoms with Crippen molar-refractivity contribution in [3.63, 3.8) is 0 Å². The molecule has 2 aromatic rings. The number of hydrazone groups is 1. The molecule has 1 spiro atoms. The second kappa shape index (κ2) is 5.51. The molecule has 2 heterocycles. The van der Waals surface area contributed by atoms with E-state index in [0.717, 1.165) is 36.5 Å². The van der Waals surface area contributed by atoms with Crippen molar-refractivity contribution in [2.75, 3.05) is 7.11 Å². The molecule has 2 aromatic carbocycles. The van der Waals surface area contributed by atoms with Gasteiger partial charge in [-0.1, -0.05) is 18.2 Å². The Morgan fingerprint density at radius 1 is 1.08 bits per heavy atom. The van der Waals surface area contributed by atoms with Gasteiger partial charge in [0.2, 0.25) is 0 Å². The van der Waals surface area contributed by atoms with Crippen LogP contribution in [-0.2, 0) is 0 Å². The molecule has 2 aliphatic heterocycles. The molecule has 5 rings (SSSR count). The molecule has 0 unspecified atom stereocenters. The maximum Gasteiger partial charge on any atom is 0.198 e. The molecule has 0 saturated heterocycles. The molecule has 128 valence electrons. The van der Waals surface area contributed by atoms with E-state index < -0.39 is 0 Å². The van der Waals surface area contributed by atoms with Gasteiger partial charge >= 0.3 is 0 Å². The molecular weight excluding hydrogens is 312 g/mol. The van der Waals surface area contributed by atoms with Gasteiger partial charge in [-0.05, 0) is 48.7 Å². The van der Waals surface area contributed by atoms with E-state index in [9.17, 15) is 0 Å². The monoisotopic (exact) mass is 334 g/mol. The summed E-state index contributed by atoms with van der Waals surface area (Å²) >= 11 is 0. The van der Waals surface area contributed by atoms with E-state index in [-0.39, 0.29) is 11.8 Å². The molecule has 1 saturated carbocycles. The van der Waals surface area contributed by atoms with Crippen molar-refractivity contribution in [3.8, 4) is 11.5 Å². The third-order valence-electron chi connectivity index (χ3n) is 5.71. The van der Waals surface area contributed by atoms with E-state index >= 15 is 0 Å². The lowest BCUT2D eigenvalue weighted by molar-refractivity contribution is -0.114. The standard InChI is InChI=1S/C21H22N2O2/c1-24-16-10-8-15(9-11-16)18-14-19-17-6-2-3-7-20(17)25-21(23(19)22-18)12-4-5-13-21/h2-3,6-11,19H,4-5,12-14H2,1H3/t19-/m1/s1. The molecule has 4 nitrogen and oxygen atoms in total. The van der Waals surface area contributed by atoms with Gasteiger partial charge in [0.15, 0.2) is 5.72 Å². The first-order valence-electron chi connectivity index (χ1n) is 9.08. The molecule has 1 aliphatic carbocycles. The van der Waals surface area contributed by atoms with Gasteiger partial charge in [0.25, 0.3) is 0 Å². The Bertz CT molecular complexity index is 822. The van der Waals surface area contributed by atoms with Crippen LogP contribution in [0.15, 0.2) is 53.6 Å². The highest BCUT2D eigenvalue weighted by atomic mass is 16.5. The SMILES string of the molecule is COc1ccc(C2=NN3[C@H](C2)c2ccccc2OC32CCCC2)cc1. The van der Waals surface area contributed by atoms with Gasteiger partial charge in [0, 0.05) is 24.8 Å². The van der Waals surface area contributed by atoms with Gasteiger partial charge in [-0.15, -0.1) is 0 Å². The third kappa shape index (κ3) is 2.24. The highest BCUT2D eigenvalue weighted by Gasteiger charge is 2.51. The van der Waals surface area contributed by atoms with E-state index in [1.165, 1.54) is 24.0 Å². The Balaban J connectivity index is 1.56. The summed E-state index contributed by atoms with van der Waals surface area (Å²) in [6.07, 6.45) is 5.44. The van der Waals surface area contributed by atoms with Gasteiger partial charge in [-0.2, -0.15) is 5.10 Å². The summed E-state index contributed by atoms with van der Waals surface area (Å²) in [5, 5.41) is 7.32. The molecule has 0 bridgehead atoms. The van der Waals surface area contributed by atoms with E-state index in [1.807, 2.05) is 12.1 Å². The lowest BCUT2D eigenvalue weighted by atomic mass is 9.94. The smallest absolute Gasteiger partial charge is 0.198 e. The Kier molecular flexibility index (Phi) is 3.27. The predicted octanol–water partition coefficient (Wildman–Crippen LogP) is 4.51. The fourth-order valence-electron chi connectivity index (χ4n) is 4.44. The number of hydrogen-bond donors (Lipinski definition) is 0. The third-order valence-corrected chi connectivity index (χ3v) is 5.71. The summed E-state index contributed by atoms with van der Waals surface area (Å²) in [5.41, 5.74) is 3.31. The zero-order valence-corrected chi connectivity index (χ0v) is 14.4. The van der Waals surface area contributed by atoms with Crippen molar-refractivity contribution in [3.05, 3.63) is 59.7 Å². The number of fused-ring (bicyclic) bond motifs is 4. The maximum atomic E-state index is 6.51. The number of ether oxygens (including phenoxy) is 2. The average molecular weight is 334 g/mol. The van der Waals surface area contributed by atoms with Crippen LogP contribution in [0, 0.1) is 0 Å². The zero-order chi connectivity index (χ0) is 16.9. The Labute approximate surface area is 148 Å². The summed E-state index contributed by atoms with van der Waals surface area (Å²) in [5.74, 6) is 1.91. The largest absolute Gasteiger partial charge is 0.497 e. The highest BCUT2D eigenvalue weighted by molar-refractivity contribution is 6.02. The van der Waals surface area contributed by atoms with Crippen LogP contribution in [0.4, 0.5) is 0 Å². The summed E-state index contributed by atoms with van der Waals surface area (Å²) in [7, 11) is 1.69. The summed E-state index contributed by atoms with van der Waals surface area (Å²) in [6.45, 7) is 0. The topological polar surface area (TPSA) is 34.1 Å². The fraction of sp³-hybridized carbons (Fsp3) is 0.381. The van der Waals surface area contributed by atoms with Crippen molar-refractivity contribution in [2.45, 2.75) is 43.9 Å². The second-order valence-corrected chi connectivity index (χ2v) is 7.13. The molecule has 4 heteroatoms. The molecule has 0 N–H and O–H groups in total. The number of methoxy groups -OCH3 is 1. The molecule has 0 aromatic heterocycles. The minimum absolute atomic E-state index is 0.257. The Morgan fingerprint density at radius 2 is 1.84 bits per heavy atom. The normalized spacial score (nSPS) is 23.0. The first kappa shape index (κ1) is 14.8. The molecule has 1 atom stereocenters. The predicted molar refractivity (Wildman–Crippen MR) is 97.0 cm³/mol. The molecule has 25 heavy (non-hydrogen) atoms. The van der Waals surface area contributed by atoms with E-state index in [1.54, 1.807) is 7.11 Å². The van der Waals surface area contributed by atoms with Crippen molar-refractivity contribution in [1.29, 1.82) is 0 Å². The zero-order valence-electron chi connectivity index (χ0n) is 14.4. The number of nitrogens with zero attached hydrogens (tertiary/aromatic N) is 2. The van der Waals surface area contributed by atoms with Crippen molar-refractivity contribution in [1.82, 2.24) is 5.01 Å². The maximum absolute atomic E-state index is 6.51. The minimum Gasteiger partial charge on any atom is -0.497 e. The van der Waals surface area contributed by atoms with Crippen LogP contribution in [0.3, 0.4) is 0 Å². The van der Waals surface area contributed by atoms with Crippen LogP contribution < -0.4 is 9.47 Å². The fourth-order valence-corrected chi connectivity index (χ4v) is 4.44. The summed E-state index contributed by atoms with van der Waals surface area (Å²) in [6, 6.07) is 16.9. The summed E-state index contributed by atoms with van der Waals surface area (Å²) < 4.78 is 11.8. The molecule has 1 fully saturated rings. The van der Waals surface area contributed by atoms with Crippen LogP contribution >= 0.6 is 0 Å². The minimum atomic E-state index is -0.257. The van der Waals surface area contributed by atoms with E-state index in [0.29, 0.717) is 0 Å². The summed E-state index contributed by atoms with van der Waals surface area (Å²) in [4.78, 5) is 0. The molecular formula is C21H22N2O2. The lowest BCUT2D eigenvalue weighted by Gasteiger charge is -2.45. The van der Waals surface area contributed by atoms with Crippen LogP contribution in [0.1, 0.15) is 49.3 Å². The molecule has 3 aliphatic rings. The first-order chi connectivity index (χ1) is 12.3. The molecule has 0 radical (unpaired) electrons. The lowest BCUT2D eigenvalue weighted by Crippen LogP contribution is -2.51. The first-order valence-corrected chi connectivity index (χ1v) is 9.08. The highest BCUT2D eigenvalue weighted by Crippen LogP contribution is 2.51. The van der Waals surface area contributed by atoms with Crippen molar-refractivity contribution >= 4 is 5.71 Å². The molecule has 0 amide bonds. The number of para-hydroxylation sites is 1. The van der Waals surface area contributed by atoms with Crippen LogP contribution in [0.5, 0.6) is 11.5 Å². The number of rotatable bonds is 2. The van der Waals surface area contributed by atoms with Crippen LogP contribution in [-0.4, -0.2) is 23.6 Å². The van der Waals surface area contributed by atoms with Crippen LogP contribution in [0.25, 0.3) is 0 Å². The van der Waals surface area contributed by atoms with Gasteiger partial charge in [-0.3, -0.25) is 0 Å². The number of hydrogen-bond acceptors (Lipinski definition) is 4. The quantitative estimate of drug-likeness (QED) is 0.810. The second-order valence-electron chi connectivity index (χ2n) is 7.13. The number of benzene rings is 2. The van der Waals surface area contributed by atoms with Gasteiger partial charge in [0.05, 0.1) is 18.9 Å². The van der Waals surface area contributed by atoms with Gasteiger partial charge in [-0.25, -0.2) is 5.01 Å².